The Bertz CT molecular complexity index is 1230. The first-order valence-electron chi connectivity index (χ1n) is 8.53. The van der Waals surface area contributed by atoms with Gasteiger partial charge in [0.2, 0.25) is 10.0 Å². The van der Waals surface area contributed by atoms with Gasteiger partial charge in [-0.15, -0.1) is 11.3 Å². The zero-order chi connectivity index (χ0) is 22.1. The highest BCUT2D eigenvalue weighted by atomic mass is 35.5. The molecular weight excluding hydrogens is 474 g/mol. The highest BCUT2D eigenvalue weighted by Crippen LogP contribution is 2.32. The topological polar surface area (TPSA) is 96.4 Å². The third-order valence-corrected chi connectivity index (χ3v) is 7.33. The van der Waals surface area contributed by atoms with Crippen molar-refractivity contribution in [1.82, 2.24) is 9.71 Å². The minimum atomic E-state index is -3.95. The molecule has 30 heavy (non-hydrogen) atoms. The summed E-state index contributed by atoms with van der Waals surface area (Å²) < 4.78 is 41.6. The molecular formula is C19H15Cl2FN2O4S2. The van der Waals surface area contributed by atoms with Crippen molar-refractivity contribution in [2.24, 2.45) is 0 Å². The molecule has 0 spiro atoms. The summed E-state index contributed by atoms with van der Waals surface area (Å²) in [6.45, 7) is 1.83. The van der Waals surface area contributed by atoms with Crippen molar-refractivity contribution in [3.8, 4) is 10.6 Å². The summed E-state index contributed by atoms with van der Waals surface area (Å²) in [4.78, 5) is 16.2. The number of carbonyl (C=O) groups is 1. The van der Waals surface area contributed by atoms with Crippen LogP contribution < -0.4 is 4.72 Å². The quantitative estimate of drug-likeness (QED) is 0.498. The van der Waals surface area contributed by atoms with Gasteiger partial charge in [0.25, 0.3) is 0 Å². The van der Waals surface area contributed by atoms with Gasteiger partial charge in [-0.1, -0.05) is 29.3 Å². The molecule has 0 fully saturated rings. The fraction of sp³-hybridized carbons (Fsp3) is 0.158. The van der Waals surface area contributed by atoms with Crippen LogP contribution in [0.25, 0.3) is 10.6 Å². The number of carboxylic acid groups (broad SMARTS) is 1. The molecule has 1 aromatic heterocycles. The molecule has 0 unspecified atom stereocenters. The van der Waals surface area contributed by atoms with Crippen molar-refractivity contribution in [2.75, 3.05) is 6.54 Å². The lowest BCUT2D eigenvalue weighted by molar-refractivity contribution is 0.0697. The van der Waals surface area contributed by atoms with Gasteiger partial charge in [-0.05, 0) is 37.3 Å². The zero-order valence-corrected chi connectivity index (χ0v) is 18.6. The van der Waals surface area contributed by atoms with Crippen LogP contribution in [-0.2, 0) is 16.4 Å². The molecule has 0 saturated heterocycles. The van der Waals surface area contributed by atoms with Gasteiger partial charge in [-0.25, -0.2) is 27.3 Å². The number of thiazole rings is 1. The first-order valence-corrected chi connectivity index (χ1v) is 11.6. The average molecular weight is 489 g/mol. The Morgan fingerprint density at radius 3 is 2.67 bits per heavy atom. The summed E-state index contributed by atoms with van der Waals surface area (Å²) in [7, 11) is -3.95. The lowest BCUT2D eigenvalue weighted by Gasteiger charge is -2.08. The highest BCUT2D eigenvalue weighted by molar-refractivity contribution is 7.89. The fourth-order valence-corrected chi connectivity index (χ4v) is 5.08. The number of rotatable bonds is 7. The molecule has 2 aromatic carbocycles. The maximum Gasteiger partial charge on any atom is 0.337 e. The van der Waals surface area contributed by atoms with Gasteiger partial charge < -0.3 is 5.11 Å². The van der Waals surface area contributed by atoms with E-state index in [9.17, 15) is 17.6 Å². The number of sulfonamides is 1. The molecule has 0 aliphatic rings. The van der Waals surface area contributed by atoms with Crippen LogP contribution in [0.4, 0.5) is 4.39 Å². The number of carboxylic acids is 1. The molecule has 0 radical (unpaired) electrons. The Labute approximate surface area is 186 Å². The number of aromatic carboxylic acids is 1. The molecule has 0 bridgehead atoms. The number of hydrogen-bond donors (Lipinski definition) is 2. The van der Waals surface area contributed by atoms with Crippen LogP contribution in [-0.4, -0.2) is 31.0 Å². The third kappa shape index (κ3) is 4.81. The number of hydrogen-bond acceptors (Lipinski definition) is 5. The fourth-order valence-electron chi connectivity index (χ4n) is 2.67. The van der Waals surface area contributed by atoms with Crippen molar-refractivity contribution in [3.05, 3.63) is 68.4 Å². The maximum absolute atomic E-state index is 14.2. The number of aryl methyl sites for hydroxylation is 1. The van der Waals surface area contributed by atoms with Crippen LogP contribution in [0.2, 0.25) is 10.0 Å². The SMILES string of the molecule is Cc1sc(-c2cccc(Cl)c2F)nc1CCNS(=O)(=O)c1ccc(Cl)c(C(=O)O)c1. The van der Waals surface area contributed by atoms with E-state index >= 15 is 0 Å². The molecule has 3 rings (SSSR count). The Hall–Kier alpha value is -2.04. The summed E-state index contributed by atoms with van der Waals surface area (Å²) in [5.41, 5.74) is 0.604. The van der Waals surface area contributed by atoms with Gasteiger partial charge in [0, 0.05) is 23.4 Å². The number of aromatic nitrogens is 1. The van der Waals surface area contributed by atoms with Gasteiger partial charge in [-0.2, -0.15) is 0 Å². The minimum Gasteiger partial charge on any atom is -0.478 e. The van der Waals surface area contributed by atoms with E-state index in [2.05, 4.69) is 9.71 Å². The Morgan fingerprint density at radius 2 is 1.97 bits per heavy atom. The summed E-state index contributed by atoms with van der Waals surface area (Å²) in [6, 6.07) is 8.10. The zero-order valence-electron chi connectivity index (χ0n) is 15.4. The number of benzene rings is 2. The molecule has 0 saturated carbocycles. The first-order chi connectivity index (χ1) is 14.1. The molecule has 0 amide bonds. The maximum atomic E-state index is 14.2. The molecule has 11 heteroatoms. The lowest BCUT2D eigenvalue weighted by atomic mass is 10.2. The van der Waals surface area contributed by atoms with Crippen molar-refractivity contribution < 1.29 is 22.7 Å². The van der Waals surface area contributed by atoms with E-state index in [-0.39, 0.29) is 39.0 Å². The van der Waals surface area contributed by atoms with Crippen LogP contribution in [0.1, 0.15) is 20.9 Å². The second-order valence-corrected chi connectivity index (χ2v) is 10.0. The van der Waals surface area contributed by atoms with E-state index in [1.165, 1.54) is 29.5 Å². The monoisotopic (exact) mass is 488 g/mol. The van der Waals surface area contributed by atoms with E-state index in [4.69, 9.17) is 28.3 Å². The number of nitrogens with one attached hydrogen (secondary N) is 1. The van der Waals surface area contributed by atoms with Gasteiger partial charge in [0.05, 0.1) is 26.2 Å². The first kappa shape index (κ1) is 22.6. The van der Waals surface area contributed by atoms with Crippen LogP contribution in [0.3, 0.4) is 0 Å². The standard InChI is InChI=1S/C19H15Cl2FN2O4S2/c1-10-16(24-18(29-10)12-3-2-4-15(21)17(12)22)7-8-23-30(27,28)11-5-6-14(20)13(9-11)19(25)26/h2-6,9,23H,7-8H2,1H3,(H,25,26). The van der Waals surface area contributed by atoms with Crippen LogP contribution in [0.15, 0.2) is 41.3 Å². The van der Waals surface area contributed by atoms with Gasteiger partial charge >= 0.3 is 5.97 Å². The predicted molar refractivity (Wildman–Crippen MR) is 115 cm³/mol. The van der Waals surface area contributed by atoms with Crippen molar-refractivity contribution >= 4 is 50.5 Å². The molecule has 0 aliphatic carbocycles. The van der Waals surface area contributed by atoms with Crippen LogP contribution in [0.5, 0.6) is 0 Å². The van der Waals surface area contributed by atoms with Gasteiger partial charge in [0.1, 0.15) is 5.01 Å². The van der Waals surface area contributed by atoms with Crippen molar-refractivity contribution in [2.45, 2.75) is 18.2 Å². The average Bonchev–Trinajstić information content (AvgIpc) is 3.04. The van der Waals surface area contributed by atoms with E-state index in [0.717, 1.165) is 10.9 Å². The molecule has 158 valence electrons. The second-order valence-electron chi connectivity index (χ2n) is 6.22. The molecule has 3 aromatic rings. The Morgan fingerprint density at radius 1 is 1.23 bits per heavy atom. The van der Waals surface area contributed by atoms with E-state index in [1.807, 2.05) is 6.92 Å². The van der Waals surface area contributed by atoms with Crippen LogP contribution in [0, 0.1) is 12.7 Å². The molecule has 0 atom stereocenters. The Balaban J connectivity index is 1.74. The van der Waals surface area contributed by atoms with Gasteiger partial charge in [0.15, 0.2) is 5.82 Å². The van der Waals surface area contributed by atoms with Crippen molar-refractivity contribution in [3.63, 3.8) is 0 Å². The predicted octanol–water partition coefficient (Wildman–Crippen LogP) is 4.78. The van der Waals surface area contributed by atoms with Crippen molar-refractivity contribution in [1.29, 1.82) is 0 Å². The molecule has 2 N–H and O–H groups in total. The van der Waals surface area contributed by atoms with E-state index < -0.39 is 21.8 Å². The summed E-state index contributed by atoms with van der Waals surface area (Å²) in [5, 5.41) is 9.50. The molecule has 1 heterocycles. The minimum absolute atomic E-state index is 0.00152. The summed E-state index contributed by atoms with van der Waals surface area (Å²) in [6.07, 6.45) is 0.267. The third-order valence-electron chi connectivity index (χ3n) is 4.21. The normalized spacial score (nSPS) is 11.6. The van der Waals surface area contributed by atoms with Gasteiger partial charge in [-0.3, -0.25) is 0 Å². The molecule has 0 aliphatic heterocycles. The number of nitrogens with zero attached hydrogens (tertiary/aromatic N) is 1. The molecule has 6 nitrogen and oxygen atoms in total. The lowest BCUT2D eigenvalue weighted by Crippen LogP contribution is -2.26. The largest absolute Gasteiger partial charge is 0.478 e. The van der Waals surface area contributed by atoms with Crippen LogP contribution >= 0.6 is 34.5 Å². The number of halogens is 3. The Kier molecular flexibility index (Phi) is 6.78. The van der Waals surface area contributed by atoms with E-state index in [0.29, 0.717) is 10.7 Å². The summed E-state index contributed by atoms with van der Waals surface area (Å²) in [5.74, 6) is -1.88. The second kappa shape index (κ2) is 8.99. The summed E-state index contributed by atoms with van der Waals surface area (Å²) >= 11 is 12.9. The van der Waals surface area contributed by atoms with E-state index in [1.54, 1.807) is 12.1 Å². The smallest absolute Gasteiger partial charge is 0.337 e. The highest BCUT2D eigenvalue weighted by Gasteiger charge is 2.19.